The number of carbonyl (C=O) groups excluding carboxylic acids is 2. The Hall–Kier alpha value is -3.05. The number of aliphatic hydroxyl groups is 1. The third kappa shape index (κ3) is 10.3. The van der Waals surface area contributed by atoms with Crippen LogP contribution in [0.25, 0.3) is 0 Å². The second-order valence-electron chi connectivity index (χ2n) is 8.38. The minimum atomic E-state index is -5.01. The summed E-state index contributed by atoms with van der Waals surface area (Å²) in [5.74, 6) is -4.30. The van der Waals surface area contributed by atoms with Gasteiger partial charge in [-0.2, -0.15) is 13.2 Å². The molecular formula is C25H30F5N3O3. The Balaban J connectivity index is 1.96. The largest absolute Gasteiger partial charge is 0.471 e. The summed E-state index contributed by atoms with van der Waals surface area (Å²) in [5.41, 5.74) is 2.36. The average Bonchev–Trinajstić information content (AvgIpc) is 2.80. The lowest BCUT2D eigenvalue weighted by Gasteiger charge is -2.25. The van der Waals surface area contributed by atoms with Crippen LogP contribution in [0.4, 0.5) is 22.0 Å². The van der Waals surface area contributed by atoms with Gasteiger partial charge >= 0.3 is 12.1 Å². The molecule has 0 spiro atoms. The van der Waals surface area contributed by atoms with E-state index < -0.39 is 41.8 Å². The molecule has 6 nitrogen and oxygen atoms in total. The van der Waals surface area contributed by atoms with Crippen molar-refractivity contribution in [1.82, 2.24) is 16.0 Å². The Morgan fingerprint density at radius 1 is 1.00 bits per heavy atom. The number of aryl methyl sites for hydroxylation is 1. The van der Waals surface area contributed by atoms with E-state index in [0.717, 1.165) is 29.7 Å². The summed E-state index contributed by atoms with van der Waals surface area (Å²) in [6.45, 7) is 2.16. The van der Waals surface area contributed by atoms with Crippen LogP contribution < -0.4 is 16.0 Å². The Bertz CT molecular complexity index is 996. The fourth-order valence-electron chi connectivity index (χ4n) is 3.56. The van der Waals surface area contributed by atoms with Crippen LogP contribution in [0, 0.1) is 11.6 Å². The van der Waals surface area contributed by atoms with E-state index in [1.807, 2.05) is 31.2 Å². The fraction of sp³-hybridized carbons (Fsp3) is 0.440. The SMILES string of the molecule is CCc1cccc(CNC[C@H](O)[C@H](Cc2cc(F)cc(F)c2)NC(=O)CCCNC(=O)C(F)(F)F)c1. The van der Waals surface area contributed by atoms with Crippen molar-refractivity contribution in [3.63, 3.8) is 0 Å². The maximum absolute atomic E-state index is 13.6. The molecule has 0 radical (unpaired) electrons. The van der Waals surface area contributed by atoms with Gasteiger partial charge in [-0.05, 0) is 48.1 Å². The monoisotopic (exact) mass is 515 g/mol. The predicted molar refractivity (Wildman–Crippen MR) is 124 cm³/mol. The number of nitrogens with one attached hydrogen (secondary N) is 3. The zero-order valence-corrected chi connectivity index (χ0v) is 19.8. The van der Waals surface area contributed by atoms with E-state index in [0.29, 0.717) is 12.6 Å². The molecule has 0 bridgehead atoms. The standard InChI is InChI=1S/C25H30F5N3O3/c1-2-16-5-3-6-17(9-16)14-31-15-22(34)21(12-18-10-19(26)13-20(27)11-18)33-23(35)7-4-8-32-24(36)25(28,29)30/h3,5-6,9-11,13,21-22,31,34H,2,4,7-8,12,14-15H2,1H3,(H,32,36)(H,33,35)/t21-,22-/m0/s1. The van der Waals surface area contributed by atoms with Gasteiger partial charge in [-0.15, -0.1) is 0 Å². The Morgan fingerprint density at radius 2 is 1.67 bits per heavy atom. The Kier molecular flexibility index (Phi) is 11.3. The number of alkyl halides is 3. The number of rotatable bonds is 13. The van der Waals surface area contributed by atoms with Gasteiger partial charge < -0.3 is 21.1 Å². The molecule has 0 saturated heterocycles. The highest BCUT2D eigenvalue weighted by atomic mass is 19.4. The molecule has 0 fully saturated rings. The highest BCUT2D eigenvalue weighted by Gasteiger charge is 2.38. The molecule has 36 heavy (non-hydrogen) atoms. The van der Waals surface area contributed by atoms with Gasteiger partial charge in [0.15, 0.2) is 0 Å². The number of hydrogen-bond donors (Lipinski definition) is 4. The normalized spacial score (nSPS) is 13.2. The molecule has 2 rings (SSSR count). The first-order valence-electron chi connectivity index (χ1n) is 11.5. The number of amides is 2. The molecule has 11 heteroatoms. The smallest absolute Gasteiger partial charge is 0.390 e. The van der Waals surface area contributed by atoms with Gasteiger partial charge in [0.05, 0.1) is 12.1 Å². The maximum Gasteiger partial charge on any atom is 0.471 e. The quantitative estimate of drug-likeness (QED) is 0.244. The zero-order valence-electron chi connectivity index (χ0n) is 19.8. The molecule has 0 heterocycles. The minimum absolute atomic E-state index is 0.0563. The summed E-state index contributed by atoms with van der Waals surface area (Å²) in [6.07, 6.45) is -5.66. The lowest BCUT2D eigenvalue weighted by Crippen LogP contribution is -2.48. The topological polar surface area (TPSA) is 90.5 Å². The van der Waals surface area contributed by atoms with E-state index in [-0.39, 0.29) is 37.9 Å². The van der Waals surface area contributed by atoms with Crippen molar-refractivity contribution in [3.05, 3.63) is 70.8 Å². The van der Waals surface area contributed by atoms with Gasteiger partial charge in [-0.3, -0.25) is 9.59 Å². The van der Waals surface area contributed by atoms with E-state index in [1.165, 1.54) is 0 Å². The Labute approximate surface area is 206 Å². The fourth-order valence-corrected chi connectivity index (χ4v) is 3.56. The van der Waals surface area contributed by atoms with E-state index >= 15 is 0 Å². The molecule has 0 aromatic heterocycles. The van der Waals surface area contributed by atoms with Crippen LogP contribution in [0.3, 0.4) is 0 Å². The molecule has 0 aliphatic carbocycles. The molecule has 2 atom stereocenters. The van der Waals surface area contributed by atoms with Gasteiger partial charge in [0.2, 0.25) is 5.91 Å². The van der Waals surface area contributed by atoms with Crippen LogP contribution in [-0.4, -0.2) is 48.3 Å². The predicted octanol–water partition coefficient (Wildman–Crippen LogP) is 3.16. The first-order valence-corrected chi connectivity index (χ1v) is 11.5. The molecule has 4 N–H and O–H groups in total. The van der Waals surface area contributed by atoms with Gasteiger partial charge in [0.25, 0.3) is 0 Å². The Morgan fingerprint density at radius 3 is 2.31 bits per heavy atom. The molecule has 2 aromatic rings. The van der Waals surface area contributed by atoms with Crippen molar-refractivity contribution >= 4 is 11.8 Å². The van der Waals surface area contributed by atoms with Crippen LogP contribution in [0.2, 0.25) is 0 Å². The first-order chi connectivity index (χ1) is 17.0. The van der Waals surface area contributed by atoms with Crippen LogP contribution in [0.15, 0.2) is 42.5 Å². The first kappa shape index (κ1) is 29.2. The summed E-state index contributed by atoms with van der Waals surface area (Å²) in [4.78, 5) is 23.2. The van der Waals surface area contributed by atoms with Crippen molar-refractivity contribution < 1.29 is 36.6 Å². The molecule has 2 amide bonds. The highest BCUT2D eigenvalue weighted by molar-refractivity contribution is 5.81. The second kappa shape index (κ2) is 13.9. The summed E-state index contributed by atoms with van der Waals surface area (Å²) >= 11 is 0. The van der Waals surface area contributed by atoms with E-state index in [1.54, 1.807) is 5.32 Å². The van der Waals surface area contributed by atoms with Crippen LogP contribution in [0.1, 0.15) is 36.5 Å². The van der Waals surface area contributed by atoms with Crippen molar-refractivity contribution in [2.75, 3.05) is 13.1 Å². The van der Waals surface area contributed by atoms with Crippen LogP contribution >= 0.6 is 0 Å². The van der Waals surface area contributed by atoms with E-state index in [9.17, 15) is 36.6 Å². The van der Waals surface area contributed by atoms with Crippen LogP contribution in [0.5, 0.6) is 0 Å². The number of hydrogen-bond acceptors (Lipinski definition) is 4. The number of benzene rings is 2. The molecule has 2 aromatic carbocycles. The lowest BCUT2D eigenvalue weighted by atomic mass is 10.00. The van der Waals surface area contributed by atoms with Crippen molar-refractivity contribution in [3.8, 4) is 0 Å². The van der Waals surface area contributed by atoms with Crippen LogP contribution in [-0.2, 0) is 29.0 Å². The van der Waals surface area contributed by atoms with E-state index in [4.69, 9.17) is 0 Å². The number of halogens is 5. The summed E-state index contributed by atoms with van der Waals surface area (Å²) in [6, 6.07) is 9.81. The molecule has 0 unspecified atom stereocenters. The van der Waals surface area contributed by atoms with Gasteiger partial charge in [-0.25, -0.2) is 8.78 Å². The van der Waals surface area contributed by atoms with Gasteiger partial charge in [-0.1, -0.05) is 31.2 Å². The molecule has 0 aliphatic rings. The third-order valence-corrected chi connectivity index (χ3v) is 5.39. The maximum atomic E-state index is 13.6. The molecular weight excluding hydrogens is 485 g/mol. The third-order valence-electron chi connectivity index (χ3n) is 5.39. The second-order valence-corrected chi connectivity index (χ2v) is 8.38. The molecule has 198 valence electrons. The minimum Gasteiger partial charge on any atom is -0.390 e. The zero-order chi connectivity index (χ0) is 26.7. The summed E-state index contributed by atoms with van der Waals surface area (Å²) in [5, 5.41) is 18.1. The number of carbonyl (C=O) groups is 2. The molecule has 0 saturated carbocycles. The van der Waals surface area contributed by atoms with E-state index in [2.05, 4.69) is 10.6 Å². The lowest BCUT2D eigenvalue weighted by molar-refractivity contribution is -0.173. The highest BCUT2D eigenvalue weighted by Crippen LogP contribution is 2.14. The van der Waals surface area contributed by atoms with Gasteiger partial charge in [0.1, 0.15) is 11.6 Å². The summed E-state index contributed by atoms with van der Waals surface area (Å²) < 4.78 is 64.0. The van der Waals surface area contributed by atoms with Crippen molar-refractivity contribution in [1.29, 1.82) is 0 Å². The number of aliphatic hydroxyl groups excluding tert-OH is 1. The van der Waals surface area contributed by atoms with Crippen molar-refractivity contribution in [2.45, 2.75) is 57.5 Å². The van der Waals surface area contributed by atoms with Gasteiger partial charge in [0, 0.05) is 32.1 Å². The average molecular weight is 516 g/mol. The molecule has 0 aliphatic heterocycles. The summed E-state index contributed by atoms with van der Waals surface area (Å²) in [7, 11) is 0. The van der Waals surface area contributed by atoms with Crippen molar-refractivity contribution in [2.24, 2.45) is 0 Å².